The highest BCUT2D eigenvalue weighted by molar-refractivity contribution is 7.99. The second kappa shape index (κ2) is 8.29. The molecule has 116 valence electrons. The predicted octanol–water partition coefficient (Wildman–Crippen LogP) is 2.78. The monoisotopic (exact) mass is 307 g/mol. The zero-order chi connectivity index (χ0) is 15.1. The third-order valence-electron chi connectivity index (χ3n) is 4.09. The Labute approximate surface area is 131 Å². The maximum absolute atomic E-state index is 9.03. The van der Waals surface area contributed by atoms with Crippen molar-refractivity contribution < 1.29 is 5.21 Å². The summed E-state index contributed by atoms with van der Waals surface area (Å²) >= 11 is 2.04. The van der Waals surface area contributed by atoms with Gasteiger partial charge in [-0.25, -0.2) is 0 Å². The van der Waals surface area contributed by atoms with E-state index in [0.29, 0.717) is 17.8 Å². The van der Waals surface area contributed by atoms with E-state index in [1.165, 1.54) is 19.3 Å². The van der Waals surface area contributed by atoms with Gasteiger partial charge in [0.05, 0.1) is 5.92 Å². The molecule has 1 aromatic carbocycles. The molecule has 0 aliphatic heterocycles. The number of benzene rings is 1. The summed E-state index contributed by atoms with van der Waals surface area (Å²) in [7, 11) is 0. The molecule has 0 heterocycles. The summed E-state index contributed by atoms with van der Waals surface area (Å²) in [6.45, 7) is 2.93. The lowest BCUT2D eigenvalue weighted by molar-refractivity contribution is 0.315. The SMILES string of the molecule is CCSC1CCCC1NCC(/C(N)=N/O)c1ccccc1. The Morgan fingerprint density at radius 3 is 2.86 bits per heavy atom. The van der Waals surface area contributed by atoms with Crippen molar-refractivity contribution in [2.45, 2.75) is 43.4 Å². The Bertz CT molecular complexity index is 452. The number of thioether (sulfide) groups is 1. The predicted molar refractivity (Wildman–Crippen MR) is 90.2 cm³/mol. The summed E-state index contributed by atoms with van der Waals surface area (Å²) in [6, 6.07) is 10.5. The average Bonchev–Trinajstić information content (AvgIpc) is 2.96. The van der Waals surface area contributed by atoms with Crippen LogP contribution in [0.25, 0.3) is 0 Å². The molecular formula is C16H25N3OS. The Balaban J connectivity index is 2.00. The number of nitrogens with zero attached hydrogens (tertiary/aromatic N) is 1. The summed E-state index contributed by atoms with van der Waals surface area (Å²) in [5.41, 5.74) is 6.96. The van der Waals surface area contributed by atoms with Crippen molar-refractivity contribution >= 4 is 17.6 Å². The molecule has 0 aromatic heterocycles. The number of hydrogen-bond donors (Lipinski definition) is 3. The molecule has 1 aliphatic carbocycles. The van der Waals surface area contributed by atoms with Crippen LogP contribution in [0, 0.1) is 0 Å². The molecule has 1 aromatic rings. The minimum atomic E-state index is -0.0796. The zero-order valence-electron chi connectivity index (χ0n) is 12.5. The molecule has 1 fully saturated rings. The molecule has 0 spiro atoms. The highest BCUT2D eigenvalue weighted by atomic mass is 32.2. The normalized spacial score (nSPS) is 24.1. The molecule has 1 saturated carbocycles. The van der Waals surface area contributed by atoms with Crippen molar-refractivity contribution in [1.82, 2.24) is 5.32 Å². The lowest BCUT2D eigenvalue weighted by atomic mass is 9.97. The fraction of sp³-hybridized carbons (Fsp3) is 0.562. The van der Waals surface area contributed by atoms with Gasteiger partial charge in [-0.15, -0.1) is 0 Å². The second-order valence-electron chi connectivity index (χ2n) is 5.43. The van der Waals surface area contributed by atoms with Crippen LogP contribution in [0.5, 0.6) is 0 Å². The standard InChI is InChI=1S/C16H25N3OS/c1-2-21-15-10-6-9-14(15)18-11-13(16(17)19-20)12-7-4-3-5-8-12/h3-5,7-8,13-15,18,20H,2,6,9-11H2,1H3,(H2,17,19). The van der Waals surface area contributed by atoms with Gasteiger partial charge in [0.1, 0.15) is 5.84 Å². The lowest BCUT2D eigenvalue weighted by Gasteiger charge is -2.24. The molecule has 4 nitrogen and oxygen atoms in total. The van der Waals surface area contributed by atoms with Gasteiger partial charge in [-0.2, -0.15) is 11.8 Å². The molecule has 0 amide bonds. The average molecular weight is 307 g/mol. The van der Waals surface area contributed by atoms with Crippen LogP contribution in [0.15, 0.2) is 35.5 Å². The van der Waals surface area contributed by atoms with Crippen LogP contribution in [0.2, 0.25) is 0 Å². The summed E-state index contributed by atoms with van der Waals surface area (Å²) in [5.74, 6) is 1.35. The van der Waals surface area contributed by atoms with Gasteiger partial charge in [-0.3, -0.25) is 0 Å². The molecule has 3 atom stereocenters. The van der Waals surface area contributed by atoms with Gasteiger partial charge in [0.15, 0.2) is 0 Å². The smallest absolute Gasteiger partial charge is 0.147 e. The topological polar surface area (TPSA) is 70.6 Å². The van der Waals surface area contributed by atoms with Gasteiger partial charge in [0, 0.05) is 17.8 Å². The first kappa shape index (κ1) is 16.2. The molecular weight excluding hydrogens is 282 g/mol. The quantitative estimate of drug-likeness (QED) is 0.313. The van der Waals surface area contributed by atoms with Crippen LogP contribution in [0.4, 0.5) is 0 Å². The first-order chi connectivity index (χ1) is 10.3. The number of amidine groups is 1. The largest absolute Gasteiger partial charge is 0.409 e. The Morgan fingerprint density at radius 2 is 2.19 bits per heavy atom. The highest BCUT2D eigenvalue weighted by Gasteiger charge is 2.28. The van der Waals surface area contributed by atoms with Crippen molar-refractivity contribution in [2.75, 3.05) is 12.3 Å². The van der Waals surface area contributed by atoms with E-state index in [2.05, 4.69) is 17.4 Å². The molecule has 0 saturated heterocycles. The molecule has 3 unspecified atom stereocenters. The molecule has 2 rings (SSSR count). The molecule has 21 heavy (non-hydrogen) atoms. The molecule has 0 bridgehead atoms. The third-order valence-corrected chi connectivity index (χ3v) is 5.42. The maximum Gasteiger partial charge on any atom is 0.147 e. The number of rotatable bonds is 7. The van der Waals surface area contributed by atoms with Gasteiger partial charge in [-0.1, -0.05) is 48.8 Å². The van der Waals surface area contributed by atoms with E-state index in [4.69, 9.17) is 10.9 Å². The van der Waals surface area contributed by atoms with Gasteiger partial charge in [0.25, 0.3) is 0 Å². The molecule has 0 radical (unpaired) electrons. The summed E-state index contributed by atoms with van der Waals surface area (Å²) in [5, 5.41) is 16.6. The van der Waals surface area contributed by atoms with E-state index in [1.807, 2.05) is 42.1 Å². The Hall–Kier alpha value is -1.20. The zero-order valence-corrected chi connectivity index (χ0v) is 13.4. The minimum absolute atomic E-state index is 0.0796. The Morgan fingerprint density at radius 1 is 1.43 bits per heavy atom. The van der Waals surface area contributed by atoms with E-state index in [0.717, 1.165) is 11.3 Å². The highest BCUT2D eigenvalue weighted by Crippen LogP contribution is 2.30. The molecule has 4 N–H and O–H groups in total. The van der Waals surface area contributed by atoms with Crippen molar-refractivity contribution in [1.29, 1.82) is 0 Å². The first-order valence-corrected chi connectivity index (χ1v) is 8.68. The van der Waals surface area contributed by atoms with Crippen LogP contribution in [0.1, 0.15) is 37.7 Å². The van der Waals surface area contributed by atoms with Gasteiger partial charge in [-0.05, 0) is 24.2 Å². The Kier molecular flexibility index (Phi) is 6.39. The van der Waals surface area contributed by atoms with Crippen molar-refractivity contribution in [2.24, 2.45) is 10.9 Å². The van der Waals surface area contributed by atoms with E-state index in [9.17, 15) is 0 Å². The van der Waals surface area contributed by atoms with Crippen LogP contribution in [-0.4, -0.2) is 34.6 Å². The maximum atomic E-state index is 9.03. The van der Waals surface area contributed by atoms with E-state index in [1.54, 1.807) is 0 Å². The van der Waals surface area contributed by atoms with Gasteiger partial charge >= 0.3 is 0 Å². The van der Waals surface area contributed by atoms with Gasteiger partial charge < -0.3 is 16.3 Å². The summed E-state index contributed by atoms with van der Waals surface area (Å²) in [6.07, 6.45) is 3.79. The van der Waals surface area contributed by atoms with Crippen LogP contribution < -0.4 is 11.1 Å². The van der Waals surface area contributed by atoms with Crippen LogP contribution >= 0.6 is 11.8 Å². The van der Waals surface area contributed by atoms with Crippen LogP contribution in [0.3, 0.4) is 0 Å². The molecule has 1 aliphatic rings. The second-order valence-corrected chi connectivity index (χ2v) is 6.94. The summed E-state index contributed by atoms with van der Waals surface area (Å²) < 4.78 is 0. The van der Waals surface area contributed by atoms with Gasteiger partial charge in [0.2, 0.25) is 0 Å². The fourth-order valence-electron chi connectivity index (χ4n) is 2.99. The van der Waals surface area contributed by atoms with E-state index in [-0.39, 0.29) is 11.8 Å². The van der Waals surface area contributed by atoms with E-state index >= 15 is 0 Å². The van der Waals surface area contributed by atoms with E-state index < -0.39 is 0 Å². The van der Waals surface area contributed by atoms with Crippen LogP contribution in [-0.2, 0) is 0 Å². The van der Waals surface area contributed by atoms with Crippen molar-refractivity contribution in [3.05, 3.63) is 35.9 Å². The van der Waals surface area contributed by atoms with Crippen molar-refractivity contribution in [3.63, 3.8) is 0 Å². The lowest BCUT2D eigenvalue weighted by Crippen LogP contribution is -2.40. The number of oxime groups is 1. The number of hydrogen-bond acceptors (Lipinski definition) is 4. The summed E-state index contributed by atoms with van der Waals surface area (Å²) in [4.78, 5) is 0. The minimum Gasteiger partial charge on any atom is -0.409 e. The molecule has 5 heteroatoms. The van der Waals surface area contributed by atoms with Crippen molar-refractivity contribution in [3.8, 4) is 0 Å². The fourth-order valence-corrected chi connectivity index (χ4v) is 4.22. The number of nitrogens with one attached hydrogen (secondary N) is 1. The number of nitrogens with two attached hydrogens (primary N) is 1. The first-order valence-electron chi connectivity index (χ1n) is 7.63. The third kappa shape index (κ3) is 4.38.